The molecule has 11 heavy (non-hydrogen) atoms. The standard InChI is InChI=1S/C8H18N2O/c1-3-11-6-7(10-9)8(2)4-5-8/h7,10H,3-6,9H2,1-2H3. The molecule has 66 valence electrons. The topological polar surface area (TPSA) is 47.3 Å². The Morgan fingerprint density at radius 3 is 2.64 bits per heavy atom. The van der Waals surface area contributed by atoms with Crippen LogP contribution in [0.3, 0.4) is 0 Å². The number of hydrogen-bond donors (Lipinski definition) is 2. The van der Waals surface area contributed by atoms with Crippen molar-refractivity contribution in [3.05, 3.63) is 0 Å². The van der Waals surface area contributed by atoms with Gasteiger partial charge in [0, 0.05) is 12.6 Å². The predicted molar refractivity (Wildman–Crippen MR) is 44.9 cm³/mol. The van der Waals surface area contributed by atoms with Crippen molar-refractivity contribution < 1.29 is 4.74 Å². The first-order chi connectivity index (χ1) is 5.23. The zero-order valence-electron chi connectivity index (χ0n) is 7.39. The summed E-state index contributed by atoms with van der Waals surface area (Å²) in [4.78, 5) is 0. The Labute approximate surface area is 68.3 Å². The van der Waals surface area contributed by atoms with Crippen molar-refractivity contribution in [3.8, 4) is 0 Å². The van der Waals surface area contributed by atoms with E-state index >= 15 is 0 Å². The van der Waals surface area contributed by atoms with E-state index in [-0.39, 0.29) is 0 Å². The van der Waals surface area contributed by atoms with E-state index in [0.29, 0.717) is 11.5 Å². The lowest BCUT2D eigenvalue weighted by Crippen LogP contribution is -2.44. The molecular formula is C8H18N2O. The molecule has 0 heterocycles. The summed E-state index contributed by atoms with van der Waals surface area (Å²) in [5.41, 5.74) is 3.22. The van der Waals surface area contributed by atoms with Gasteiger partial charge in [-0.05, 0) is 25.2 Å². The van der Waals surface area contributed by atoms with Gasteiger partial charge in [-0.2, -0.15) is 0 Å². The van der Waals surface area contributed by atoms with Crippen molar-refractivity contribution in [2.24, 2.45) is 11.3 Å². The third kappa shape index (κ3) is 2.15. The highest BCUT2D eigenvalue weighted by atomic mass is 16.5. The fourth-order valence-corrected chi connectivity index (χ4v) is 1.23. The fourth-order valence-electron chi connectivity index (χ4n) is 1.23. The molecule has 0 radical (unpaired) electrons. The summed E-state index contributed by atoms with van der Waals surface area (Å²) in [7, 11) is 0. The molecule has 0 spiro atoms. The minimum atomic E-state index is 0.336. The average molecular weight is 158 g/mol. The number of hydrogen-bond acceptors (Lipinski definition) is 3. The number of nitrogens with one attached hydrogen (secondary N) is 1. The third-order valence-corrected chi connectivity index (χ3v) is 2.57. The lowest BCUT2D eigenvalue weighted by atomic mass is 10.0. The van der Waals surface area contributed by atoms with E-state index in [9.17, 15) is 0 Å². The van der Waals surface area contributed by atoms with E-state index in [1.807, 2.05) is 6.92 Å². The molecule has 0 aromatic heterocycles. The van der Waals surface area contributed by atoms with Crippen LogP contribution in [0.1, 0.15) is 26.7 Å². The summed E-state index contributed by atoms with van der Waals surface area (Å²) >= 11 is 0. The number of nitrogens with two attached hydrogens (primary N) is 1. The van der Waals surface area contributed by atoms with Gasteiger partial charge >= 0.3 is 0 Å². The molecule has 0 amide bonds. The molecule has 0 aromatic carbocycles. The molecule has 3 heteroatoms. The van der Waals surface area contributed by atoms with Gasteiger partial charge in [-0.3, -0.25) is 11.3 Å². The second-order valence-corrected chi connectivity index (χ2v) is 3.53. The van der Waals surface area contributed by atoms with E-state index in [2.05, 4.69) is 12.3 Å². The molecule has 0 bridgehead atoms. The second-order valence-electron chi connectivity index (χ2n) is 3.53. The van der Waals surface area contributed by atoms with Gasteiger partial charge in [-0.25, -0.2) is 0 Å². The molecule has 1 fully saturated rings. The zero-order valence-corrected chi connectivity index (χ0v) is 7.39. The lowest BCUT2D eigenvalue weighted by Gasteiger charge is -2.21. The molecular weight excluding hydrogens is 140 g/mol. The summed E-state index contributed by atoms with van der Waals surface area (Å²) in [6, 6.07) is 0.336. The Hall–Kier alpha value is -0.120. The fraction of sp³-hybridized carbons (Fsp3) is 1.00. The highest BCUT2D eigenvalue weighted by Crippen LogP contribution is 2.47. The molecule has 0 aromatic rings. The van der Waals surface area contributed by atoms with Crippen LogP contribution in [0.5, 0.6) is 0 Å². The monoisotopic (exact) mass is 158 g/mol. The van der Waals surface area contributed by atoms with Gasteiger partial charge in [0.2, 0.25) is 0 Å². The maximum atomic E-state index is 5.41. The Kier molecular flexibility index (Phi) is 2.87. The van der Waals surface area contributed by atoms with E-state index in [1.165, 1.54) is 12.8 Å². The Balaban J connectivity index is 2.25. The van der Waals surface area contributed by atoms with Crippen LogP contribution in [-0.2, 0) is 4.74 Å². The molecule has 3 nitrogen and oxygen atoms in total. The lowest BCUT2D eigenvalue weighted by molar-refractivity contribution is 0.101. The Morgan fingerprint density at radius 1 is 1.64 bits per heavy atom. The van der Waals surface area contributed by atoms with E-state index in [1.54, 1.807) is 0 Å². The predicted octanol–water partition coefficient (Wildman–Crippen LogP) is 0.655. The maximum Gasteiger partial charge on any atom is 0.0638 e. The van der Waals surface area contributed by atoms with Crippen molar-refractivity contribution in [1.82, 2.24) is 5.43 Å². The van der Waals surface area contributed by atoms with Crippen LogP contribution < -0.4 is 11.3 Å². The van der Waals surface area contributed by atoms with Crippen LogP contribution in [0, 0.1) is 5.41 Å². The normalized spacial score (nSPS) is 23.2. The molecule has 0 saturated heterocycles. The molecule has 3 N–H and O–H groups in total. The van der Waals surface area contributed by atoms with E-state index < -0.39 is 0 Å². The van der Waals surface area contributed by atoms with Crippen LogP contribution in [0.4, 0.5) is 0 Å². The molecule has 1 atom stereocenters. The minimum absolute atomic E-state index is 0.336. The number of rotatable bonds is 5. The van der Waals surface area contributed by atoms with Crippen LogP contribution in [0.25, 0.3) is 0 Å². The van der Waals surface area contributed by atoms with Crippen molar-refractivity contribution >= 4 is 0 Å². The van der Waals surface area contributed by atoms with Crippen LogP contribution in [0.15, 0.2) is 0 Å². The summed E-state index contributed by atoms with van der Waals surface area (Å²) in [5.74, 6) is 5.41. The summed E-state index contributed by atoms with van der Waals surface area (Å²) in [6.45, 7) is 5.76. The quantitative estimate of drug-likeness (QED) is 0.456. The maximum absolute atomic E-state index is 5.41. The first-order valence-corrected chi connectivity index (χ1v) is 4.27. The van der Waals surface area contributed by atoms with Crippen LogP contribution >= 0.6 is 0 Å². The van der Waals surface area contributed by atoms with Gasteiger partial charge in [0.25, 0.3) is 0 Å². The van der Waals surface area contributed by atoms with Crippen LogP contribution in [0.2, 0.25) is 0 Å². The summed E-state index contributed by atoms with van der Waals surface area (Å²) in [6.07, 6.45) is 2.55. The van der Waals surface area contributed by atoms with E-state index in [0.717, 1.165) is 13.2 Å². The summed E-state index contributed by atoms with van der Waals surface area (Å²) < 4.78 is 5.31. The third-order valence-electron chi connectivity index (χ3n) is 2.57. The number of ether oxygens (including phenoxy) is 1. The molecule has 0 aliphatic heterocycles. The molecule has 1 unspecified atom stereocenters. The Morgan fingerprint density at radius 2 is 2.27 bits per heavy atom. The molecule has 1 rings (SSSR count). The second kappa shape index (κ2) is 3.52. The molecule has 1 aliphatic rings. The average Bonchev–Trinajstić information content (AvgIpc) is 2.71. The SMILES string of the molecule is CCOCC(NN)C1(C)CC1. The van der Waals surface area contributed by atoms with Gasteiger partial charge < -0.3 is 4.74 Å². The van der Waals surface area contributed by atoms with Crippen molar-refractivity contribution in [2.75, 3.05) is 13.2 Å². The molecule has 1 aliphatic carbocycles. The van der Waals surface area contributed by atoms with Gasteiger partial charge in [-0.1, -0.05) is 6.92 Å². The van der Waals surface area contributed by atoms with Gasteiger partial charge in [0.15, 0.2) is 0 Å². The van der Waals surface area contributed by atoms with Gasteiger partial charge in [0.1, 0.15) is 0 Å². The minimum Gasteiger partial charge on any atom is -0.380 e. The zero-order chi connectivity index (χ0) is 8.32. The first-order valence-electron chi connectivity index (χ1n) is 4.27. The van der Waals surface area contributed by atoms with Crippen LogP contribution in [-0.4, -0.2) is 19.3 Å². The van der Waals surface area contributed by atoms with Crippen molar-refractivity contribution in [1.29, 1.82) is 0 Å². The van der Waals surface area contributed by atoms with E-state index in [4.69, 9.17) is 10.6 Å². The molecule has 1 saturated carbocycles. The van der Waals surface area contributed by atoms with Crippen molar-refractivity contribution in [3.63, 3.8) is 0 Å². The highest BCUT2D eigenvalue weighted by Gasteiger charge is 2.44. The smallest absolute Gasteiger partial charge is 0.0638 e. The summed E-state index contributed by atoms with van der Waals surface area (Å²) in [5, 5.41) is 0. The highest BCUT2D eigenvalue weighted by molar-refractivity contribution is 4.97. The van der Waals surface area contributed by atoms with Crippen molar-refractivity contribution in [2.45, 2.75) is 32.7 Å². The van der Waals surface area contributed by atoms with Gasteiger partial charge in [0.05, 0.1) is 6.61 Å². The number of hydrazine groups is 1. The van der Waals surface area contributed by atoms with Gasteiger partial charge in [-0.15, -0.1) is 0 Å². The first kappa shape index (κ1) is 8.97. The Bertz CT molecular complexity index is 123. The largest absolute Gasteiger partial charge is 0.380 e.